The average molecular weight is 760 g/mol. The van der Waals surface area contributed by atoms with Gasteiger partial charge in [0, 0.05) is 0 Å². The molecule has 0 aromatic rings. The van der Waals surface area contributed by atoms with Gasteiger partial charge in [-0.1, -0.05) is 0 Å². The maximum absolute atomic E-state index is 0. The Balaban J connectivity index is 0. The van der Waals surface area contributed by atoms with Crippen LogP contribution in [-0.4, -0.2) is 0 Å². The maximum atomic E-state index is 0. The molecule has 0 atom stereocenters. The standard InChI is InChI=1S/2Co.2Cu.2Fe.2Mn.2Ni.11O/q4*+2;2*+3;4*+2;11*-2. The Morgan fingerprint density at radius 3 is 0.286 bits per heavy atom. The van der Waals surface area contributed by atoms with Crippen molar-refractivity contribution in [2.75, 3.05) is 0 Å². The molecule has 0 unspecified atom stereocenters. The van der Waals surface area contributed by atoms with Crippen LogP contribution < -0.4 is 0 Å². The molecule has 0 spiro atoms. The van der Waals surface area contributed by atoms with Crippen LogP contribution in [0.5, 0.6) is 0 Å². The summed E-state index contributed by atoms with van der Waals surface area (Å²) in [7, 11) is 0. The van der Waals surface area contributed by atoms with Gasteiger partial charge in [-0.2, -0.15) is 0 Å². The van der Waals surface area contributed by atoms with E-state index in [-0.39, 0.29) is 229 Å². The van der Waals surface area contributed by atoms with E-state index in [9.17, 15) is 0 Å². The first-order chi connectivity index (χ1) is 0. The van der Waals surface area contributed by atoms with E-state index < -0.39 is 0 Å². The van der Waals surface area contributed by atoms with Gasteiger partial charge in [0.2, 0.25) is 0 Å². The normalized spacial score (nSPS) is 0. The first-order valence-corrected chi connectivity index (χ1v) is 0. The molecule has 0 fully saturated rings. The van der Waals surface area contributed by atoms with Crippen LogP contribution in [0.3, 0.4) is 0 Å². The van der Waals surface area contributed by atoms with E-state index in [2.05, 4.69) is 0 Å². The molecular formula is Co2Cu2Fe2Mn2Ni2O11. The first-order valence-electron chi connectivity index (χ1n) is 0. The molecule has 0 saturated carbocycles. The minimum absolute atomic E-state index is 0. The summed E-state index contributed by atoms with van der Waals surface area (Å²) in [5, 5.41) is 0. The van der Waals surface area contributed by atoms with E-state index in [1.54, 1.807) is 0 Å². The molecule has 0 aromatic carbocycles. The molecule has 11 nitrogen and oxygen atoms in total. The molecule has 0 heterocycles. The van der Waals surface area contributed by atoms with Crippen LogP contribution >= 0.6 is 0 Å². The SMILES string of the molecule is [Co+2].[Co+2].[Cu+2].[Cu+2].[Fe+3].[Fe+3].[Mn+2].[Mn+2].[Ni+2].[Ni+2].[O-2].[O-2].[O-2].[O-2].[O-2].[O-2].[O-2].[O-2].[O-2].[O-2].[O-2]. The molecule has 21 heteroatoms. The van der Waals surface area contributed by atoms with E-state index in [0.717, 1.165) is 0 Å². The second-order valence-electron chi connectivity index (χ2n) is 0. The van der Waals surface area contributed by atoms with Gasteiger partial charge in [-0.25, -0.2) is 0 Å². The van der Waals surface area contributed by atoms with Gasteiger partial charge in [-0.15, -0.1) is 0 Å². The quantitative estimate of drug-likeness (QED) is 0.259. The van der Waals surface area contributed by atoms with Crippen molar-refractivity contribution in [2.24, 2.45) is 0 Å². The van der Waals surface area contributed by atoms with Gasteiger partial charge in [0.25, 0.3) is 0 Å². The molecule has 0 aliphatic rings. The van der Waals surface area contributed by atoms with Gasteiger partial charge in [0.05, 0.1) is 0 Å². The summed E-state index contributed by atoms with van der Waals surface area (Å²) in [5.74, 6) is 0. The molecule has 0 saturated heterocycles. The minimum Gasteiger partial charge on any atom is -2.00 e. The fourth-order valence-electron chi connectivity index (χ4n) is 0. The molecule has 21 heavy (non-hydrogen) atoms. The zero-order valence-electron chi connectivity index (χ0n) is 7.86. The van der Waals surface area contributed by atoms with Crippen molar-refractivity contribution >= 4 is 0 Å². The van der Waals surface area contributed by atoms with Crippen molar-refractivity contribution in [3.8, 4) is 0 Å². The zero-order valence-corrected chi connectivity index (χ0v) is 18.4. The van der Waals surface area contributed by atoms with Crippen LogP contribution in [-0.2, 0) is 229 Å². The monoisotopic (exact) mass is 757 g/mol. The third-order valence-corrected chi connectivity index (χ3v) is 0. The first kappa shape index (κ1) is 715. The van der Waals surface area contributed by atoms with E-state index in [1.807, 2.05) is 0 Å². The van der Waals surface area contributed by atoms with Crippen molar-refractivity contribution in [1.29, 1.82) is 0 Å². The fourth-order valence-corrected chi connectivity index (χ4v) is 0. The summed E-state index contributed by atoms with van der Waals surface area (Å²) < 4.78 is 0. The molecule has 0 N–H and O–H groups in total. The molecule has 0 aliphatic carbocycles. The van der Waals surface area contributed by atoms with Gasteiger partial charge >= 0.3 is 169 Å². The molecule has 0 amide bonds. The maximum Gasteiger partial charge on any atom is 3.00 e. The van der Waals surface area contributed by atoms with Crippen molar-refractivity contribution in [2.45, 2.75) is 0 Å². The molecule has 0 bridgehead atoms. The van der Waals surface area contributed by atoms with Crippen molar-refractivity contribution in [3.63, 3.8) is 0 Å². The predicted molar refractivity (Wildman–Crippen MR) is 7.55 cm³/mol. The molecular weight excluding hydrogens is 760 g/mol. The second-order valence-corrected chi connectivity index (χ2v) is 0. The summed E-state index contributed by atoms with van der Waals surface area (Å²) in [6.07, 6.45) is 0. The van der Waals surface area contributed by atoms with Crippen LogP contribution in [0.25, 0.3) is 0 Å². The Labute approximate surface area is 226 Å². The molecule has 0 aromatic heterocycles. The predicted octanol–water partition coefficient (Wildman–Crippen LogP) is -1.33. The van der Waals surface area contributed by atoms with Gasteiger partial charge in [-0.3, -0.25) is 0 Å². The van der Waals surface area contributed by atoms with Gasteiger partial charge < -0.3 is 60.2 Å². The van der Waals surface area contributed by atoms with Crippen molar-refractivity contribution in [3.05, 3.63) is 0 Å². The van der Waals surface area contributed by atoms with Crippen LogP contribution in [0.2, 0.25) is 0 Å². The molecule has 8 radical (unpaired) electrons. The van der Waals surface area contributed by atoms with Gasteiger partial charge in [0.15, 0.2) is 0 Å². The largest absolute Gasteiger partial charge is 3.00 e. The van der Waals surface area contributed by atoms with E-state index >= 15 is 0 Å². The third kappa shape index (κ3) is 580. The van der Waals surface area contributed by atoms with Gasteiger partial charge in [0.1, 0.15) is 0 Å². The Morgan fingerprint density at radius 2 is 0.286 bits per heavy atom. The fraction of sp³-hybridized carbons (Fsp3) is 0. The van der Waals surface area contributed by atoms with E-state index in [0.29, 0.717) is 0 Å². The summed E-state index contributed by atoms with van der Waals surface area (Å²) in [4.78, 5) is 0. The van der Waals surface area contributed by atoms with E-state index in [1.165, 1.54) is 0 Å². The van der Waals surface area contributed by atoms with Gasteiger partial charge in [-0.05, 0) is 0 Å². The van der Waals surface area contributed by atoms with Crippen LogP contribution in [0, 0.1) is 0 Å². The molecule has 0 aliphatic heterocycles. The zero-order chi connectivity index (χ0) is 0. The van der Waals surface area contributed by atoms with Crippen molar-refractivity contribution in [1.82, 2.24) is 0 Å². The Kier molecular flexibility index (Phi) is 21500. The van der Waals surface area contributed by atoms with Crippen LogP contribution in [0.1, 0.15) is 0 Å². The number of rotatable bonds is 0. The second kappa shape index (κ2) is 632. The number of hydrogen-bond donors (Lipinski definition) is 0. The minimum atomic E-state index is 0. The summed E-state index contributed by atoms with van der Waals surface area (Å²) >= 11 is 0. The van der Waals surface area contributed by atoms with Crippen molar-refractivity contribution < 1.29 is 229 Å². The number of hydrogen-bond acceptors (Lipinski definition) is 0. The summed E-state index contributed by atoms with van der Waals surface area (Å²) in [5.41, 5.74) is 0. The Hall–Kier alpha value is 4.68. The Bertz CT molecular complexity index is 44.2. The average Bonchev–Trinajstić information content (AvgIpc) is 0. The van der Waals surface area contributed by atoms with Crippen LogP contribution in [0.15, 0.2) is 0 Å². The van der Waals surface area contributed by atoms with E-state index in [4.69, 9.17) is 0 Å². The third-order valence-electron chi connectivity index (χ3n) is 0. The summed E-state index contributed by atoms with van der Waals surface area (Å²) in [6.45, 7) is 0. The molecule has 156 valence electrons. The molecule has 0 rings (SSSR count). The topological polar surface area (TPSA) is 314 Å². The van der Waals surface area contributed by atoms with Crippen LogP contribution in [0.4, 0.5) is 0 Å². The smallest absolute Gasteiger partial charge is 2.00 e. The summed E-state index contributed by atoms with van der Waals surface area (Å²) in [6, 6.07) is 0. The Morgan fingerprint density at radius 1 is 0.286 bits per heavy atom.